The highest BCUT2D eigenvalue weighted by atomic mass is 19.4. The number of aliphatic hydroxyl groups excluding tert-OH is 2. The van der Waals surface area contributed by atoms with E-state index in [-0.39, 0.29) is 5.56 Å². The van der Waals surface area contributed by atoms with Crippen LogP contribution in [-0.2, 0) is 11.0 Å². The lowest BCUT2D eigenvalue weighted by atomic mass is 10.0. The fourth-order valence-electron chi connectivity index (χ4n) is 1.21. The Labute approximate surface area is 94.5 Å². The molecule has 0 saturated carbocycles. The summed E-state index contributed by atoms with van der Waals surface area (Å²) in [6.07, 6.45) is -7.98. The molecule has 0 fully saturated rings. The van der Waals surface area contributed by atoms with Crippen molar-refractivity contribution in [2.75, 3.05) is 0 Å². The van der Waals surface area contributed by atoms with Crippen LogP contribution in [0.4, 0.5) is 13.2 Å². The van der Waals surface area contributed by atoms with Gasteiger partial charge in [0.1, 0.15) is 6.10 Å². The molecule has 4 N–H and O–H groups in total. The van der Waals surface area contributed by atoms with E-state index in [1.54, 1.807) is 0 Å². The molecule has 0 aromatic heterocycles. The summed E-state index contributed by atoms with van der Waals surface area (Å²) in [6.45, 7) is 0. The minimum atomic E-state index is -4.48. The second kappa shape index (κ2) is 4.72. The standard InChI is InChI=1S/C10H10F3NO3/c11-10(12,13)6-3-1-5(2-4-6)7(15)8(16)9(14)17/h1-4,7-8,15-16H,(H2,14,17). The predicted molar refractivity (Wildman–Crippen MR) is 51.6 cm³/mol. The number of carbonyl (C=O) groups excluding carboxylic acids is 1. The summed E-state index contributed by atoms with van der Waals surface area (Å²) in [6, 6.07) is 3.43. The number of halogens is 3. The third-order valence-corrected chi connectivity index (χ3v) is 2.17. The molecule has 0 aliphatic rings. The van der Waals surface area contributed by atoms with Gasteiger partial charge < -0.3 is 15.9 Å². The summed E-state index contributed by atoms with van der Waals surface area (Å²) in [5.41, 5.74) is 3.83. The van der Waals surface area contributed by atoms with E-state index in [9.17, 15) is 23.1 Å². The number of carbonyl (C=O) groups is 1. The van der Waals surface area contributed by atoms with Gasteiger partial charge in [-0.15, -0.1) is 0 Å². The van der Waals surface area contributed by atoms with Gasteiger partial charge in [-0.3, -0.25) is 4.79 Å². The summed E-state index contributed by atoms with van der Waals surface area (Å²) in [4.78, 5) is 10.6. The minimum absolute atomic E-state index is 0.0238. The van der Waals surface area contributed by atoms with E-state index in [1.807, 2.05) is 0 Å². The summed E-state index contributed by atoms with van der Waals surface area (Å²) >= 11 is 0. The van der Waals surface area contributed by atoms with Crippen molar-refractivity contribution < 1.29 is 28.2 Å². The van der Waals surface area contributed by atoms with Crippen LogP contribution < -0.4 is 5.73 Å². The number of primary amides is 1. The Morgan fingerprint density at radius 1 is 1.18 bits per heavy atom. The smallest absolute Gasteiger partial charge is 0.385 e. The van der Waals surface area contributed by atoms with Crippen molar-refractivity contribution >= 4 is 5.91 Å². The van der Waals surface area contributed by atoms with Gasteiger partial charge in [-0.25, -0.2) is 0 Å². The Hall–Kier alpha value is -1.60. The van der Waals surface area contributed by atoms with Crippen LogP contribution in [0.2, 0.25) is 0 Å². The number of amides is 1. The van der Waals surface area contributed by atoms with Gasteiger partial charge in [0.15, 0.2) is 6.10 Å². The quantitative estimate of drug-likeness (QED) is 0.732. The van der Waals surface area contributed by atoms with E-state index >= 15 is 0 Å². The number of hydrogen-bond acceptors (Lipinski definition) is 3. The Morgan fingerprint density at radius 2 is 1.65 bits per heavy atom. The molecule has 4 nitrogen and oxygen atoms in total. The van der Waals surface area contributed by atoms with Gasteiger partial charge in [-0.2, -0.15) is 13.2 Å². The van der Waals surface area contributed by atoms with Gasteiger partial charge >= 0.3 is 6.18 Å². The van der Waals surface area contributed by atoms with Crippen molar-refractivity contribution in [1.82, 2.24) is 0 Å². The molecule has 0 heterocycles. The molecule has 1 amide bonds. The first kappa shape index (κ1) is 13.5. The van der Waals surface area contributed by atoms with Crippen molar-refractivity contribution in [3.05, 3.63) is 35.4 Å². The van der Waals surface area contributed by atoms with Crippen molar-refractivity contribution in [1.29, 1.82) is 0 Å². The average Bonchev–Trinajstić information content (AvgIpc) is 2.26. The Balaban J connectivity index is 2.92. The van der Waals surface area contributed by atoms with Crippen molar-refractivity contribution in [3.8, 4) is 0 Å². The van der Waals surface area contributed by atoms with E-state index in [0.717, 1.165) is 24.3 Å². The average molecular weight is 249 g/mol. The topological polar surface area (TPSA) is 83.6 Å². The third-order valence-electron chi connectivity index (χ3n) is 2.17. The molecule has 2 atom stereocenters. The Kier molecular flexibility index (Phi) is 3.74. The third kappa shape index (κ3) is 3.18. The summed E-state index contributed by atoms with van der Waals surface area (Å²) in [5.74, 6) is -1.16. The first-order chi connectivity index (χ1) is 7.73. The molecule has 0 bridgehead atoms. The first-order valence-corrected chi connectivity index (χ1v) is 4.56. The zero-order valence-electron chi connectivity index (χ0n) is 8.48. The molecule has 1 aromatic carbocycles. The molecule has 94 valence electrons. The first-order valence-electron chi connectivity index (χ1n) is 4.56. The van der Waals surface area contributed by atoms with Crippen LogP contribution in [0.15, 0.2) is 24.3 Å². The monoisotopic (exact) mass is 249 g/mol. The molecule has 0 radical (unpaired) electrons. The highest BCUT2D eigenvalue weighted by Gasteiger charge is 2.31. The van der Waals surface area contributed by atoms with Crippen LogP contribution in [0.3, 0.4) is 0 Å². The normalized spacial score (nSPS) is 15.4. The van der Waals surface area contributed by atoms with Gasteiger partial charge in [-0.1, -0.05) is 12.1 Å². The molecule has 2 unspecified atom stereocenters. The highest BCUT2D eigenvalue weighted by molar-refractivity contribution is 5.79. The SMILES string of the molecule is NC(=O)C(O)C(O)c1ccc(C(F)(F)F)cc1. The number of benzene rings is 1. The maximum absolute atomic E-state index is 12.2. The van der Waals surface area contributed by atoms with Crippen LogP contribution in [-0.4, -0.2) is 22.2 Å². The van der Waals surface area contributed by atoms with Crippen molar-refractivity contribution in [2.24, 2.45) is 5.73 Å². The van der Waals surface area contributed by atoms with Gasteiger partial charge in [-0.05, 0) is 17.7 Å². The number of rotatable bonds is 3. The lowest BCUT2D eigenvalue weighted by Crippen LogP contribution is -2.33. The minimum Gasteiger partial charge on any atom is -0.385 e. The lowest BCUT2D eigenvalue weighted by Gasteiger charge is -2.15. The van der Waals surface area contributed by atoms with E-state index < -0.39 is 29.9 Å². The summed E-state index contributed by atoms with van der Waals surface area (Å²) in [5, 5.41) is 18.6. The molecule has 7 heteroatoms. The van der Waals surface area contributed by atoms with Gasteiger partial charge in [0.2, 0.25) is 5.91 Å². The maximum atomic E-state index is 12.2. The summed E-state index contributed by atoms with van der Waals surface area (Å²) < 4.78 is 36.7. The van der Waals surface area contributed by atoms with E-state index in [2.05, 4.69) is 0 Å². The highest BCUT2D eigenvalue weighted by Crippen LogP contribution is 2.30. The fourth-order valence-corrected chi connectivity index (χ4v) is 1.21. The number of aliphatic hydroxyl groups is 2. The van der Waals surface area contributed by atoms with E-state index in [4.69, 9.17) is 10.8 Å². The van der Waals surface area contributed by atoms with Crippen molar-refractivity contribution in [2.45, 2.75) is 18.4 Å². The van der Waals surface area contributed by atoms with Crippen LogP contribution in [0.25, 0.3) is 0 Å². The van der Waals surface area contributed by atoms with Gasteiger partial charge in [0.25, 0.3) is 0 Å². The van der Waals surface area contributed by atoms with Crippen LogP contribution in [0, 0.1) is 0 Å². The zero-order valence-corrected chi connectivity index (χ0v) is 8.48. The molecule has 0 aliphatic heterocycles. The number of hydrogen-bond donors (Lipinski definition) is 3. The molecule has 1 aromatic rings. The van der Waals surface area contributed by atoms with E-state index in [1.165, 1.54) is 0 Å². The predicted octanol–water partition coefficient (Wildman–Crippen LogP) is 0.585. The molecular weight excluding hydrogens is 239 g/mol. The van der Waals surface area contributed by atoms with Gasteiger partial charge in [0, 0.05) is 0 Å². The molecule has 0 saturated heterocycles. The van der Waals surface area contributed by atoms with Crippen LogP contribution in [0.1, 0.15) is 17.2 Å². The largest absolute Gasteiger partial charge is 0.416 e. The second-order valence-electron chi connectivity index (χ2n) is 3.41. The molecule has 1 rings (SSSR count). The number of alkyl halides is 3. The molecule has 0 aliphatic carbocycles. The zero-order chi connectivity index (χ0) is 13.2. The Bertz CT molecular complexity index is 402. The Morgan fingerprint density at radius 3 is 2.00 bits per heavy atom. The molecule has 17 heavy (non-hydrogen) atoms. The second-order valence-corrected chi connectivity index (χ2v) is 3.41. The van der Waals surface area contributed by atoms with Crippen LogP contribution >= 0.6 is 0 Å². The van der Waals surface area contributed by atoms with Gasteiger partial charge in [0.05, 0.1) is 5.56 Å². The van der Waals surface area contributed by atoms with Crippen LogP contribution in [0.5, 0.6) is 0 Å². The van der Waals surface area contributed by atoms with Crippen molar-refractivity contribution in [3.63, 3.8) is 0 Å². The lowest BCUT2D eigenvalue weighted by molar-refractivity contribution is -0.137. The number of nitrogens with two attached hydrogens (primary N) is 1. The van der Waals surface area contributed by atoms with E-state index in [0.29, 0.717) is 0 Å². The molecule has 0 spiro atoms. The fraction of sp³-hybridized carbons (Fsp3) is 0.300. The maximum Gasteiger partial charge on any atom is 0.416 e. The molecular formula is C10H10F3NO3. The summed E-state index contributed by atoms with van der Waals surface area (Å²) in [7, 11) is 0.